The average Bonchev–Trinajstić information content (AvgIpc) is 2.11. The van der Waals surface area contributed by atoms with Crippen LogP contribution in [0, 0.1) is 17.3 Å². The quantitative estimate of drug-likeness (QED) is 0.598. The van der Waals surface area contributed by atoms with Crippen LogP contribution in [0.25, 0.3) is 0 Å². The van der Waals surface area contributed by atoms with Gasteiger partial charge in [-0.25, -0.2) is 0 Å². The Bertz CT molecular complexity index is 276. The molecule has 0 spiro atoms. The third-order valence-corrected chi connectivity index (χ3v) is 3.74. The second kappa shape index (κ2) is 4.55. The van der Waals surface area contributed by atoms with E-state index in [0.29, 0.717) is 11.3 Å². The summed E-state index contributed by atoms with van der Waals surface area (Å²) in [6, 6.07) is 0. The van der Waals surface area contributed by atoms with Crippen molar-refractivity contribution in [1.82, 2.24) is 0 Å². The standard InChI is InChI=1S/C15H26/c1-11(2)7-8-14-13(4)12(3)9-10-15(14,5)6/h7-8,11-12H,9-10H2,1-6H3/b8-7+. The molecule has 86 valence electrons. The molecule has 1 aliphatic rings. The van der Waals surface area contributed by atoms with E-state index in [0.717, 1.165) is 5.92 Å². The molecule has 15 heavy (non-hydrogen) atoms. The highest BCUT2D eigenvalue weighted by Gasteiger charge is 2.29. The highest BCUT2D eigenvalue weighted by atomic mass is 14.3. The van der Waals surface area contributed by atoms with Crippen molar-refractivity contribution in [3.05, 3.63) is 23.3 Å². The fraction of sp³-hybridized carbons (Fsp3) is 0.733. The molecular weight excluding hydrogens is 180 g/mol. The summed E-state index contributed by atoms with van der Waals surface area (Å²) in [7, 11) is 0. The highest BCUT2D eigenvalue weighted by Crippen LogP contribution is 2.43. The van der Waals surface area contributed by atoms with Gasteiger partial charge in [-0.1, -0.05) is 52.3 Å². The Morgan fingerprint density at radius 2 is 1.93 bits per heavy atom. The summed E-state index contributed by atoms with van der Waals surface area (Å²) in [5.41, 5.74) is 3.56. The zero-order chi connectivity index (χ0) is 11.6. The molecule has 1 atom stereocenters. The van der Waals surface area contributed by atoms with Crippen molar-refractivity contribution >= 4 is 0 Å². The van der Waals surface area contributed by atoms with Crippen LogP contribution in [-0.2, 0) is 0 Å². The molecule has 0 saturated heterocycles. The molecule has 0 aliphatic heterocycles. The predicted octanol–water partition coefficient (Wildman–Crippen LogP) is 4.97. The average molecular weight is 206 g/mol. The van der Waals surface area contributed by atoms with E-state index < -0.39 is 0 Å². The fourth-order valence-electron chi connectivity index (χ4n) is 2.37. The maximum Gasteiger partial charge on any atom is -0.0104 e. The van der Waals surface area contributed by atoms with E-state index >= 15 is 0 Å². The SMILES string of the molecule is CC1=C(/C=C/C(C)C)C(C)(C)CCC1C. The minimum absolute atomic E-state index is 0.377. The van der Waals surface area contributed by atoms with Gasteiger partial charge in [0.05, 0.1) is 0 Å². The summed E-state index contributed by atoms with van der Waals surface area (Å²) in [6.45, 7) is 13.9. The van der Waals surface area contributed by atoms with Crippen LogP contribution in [0.4, 0.5) is 0 Å². The summed E-state index contributed by atoms with van der Waals surface area (Å²) in [4.78, 5) is 0. The lowest BCUT2D eigenvalue weighted by molar-refractivity contribution is 0.339. The monoisotopic (exact) mass is 206 g/mol. The summed E-state index contributed by atoms with van der Waals surface area (Å²) in [6.07, 6.45) is 7.37. The van der Waals surface area contributed by atoms with Crippen LogP contribution in [0.5, 0.6) is 0 Å². The molecular formula is C15H26. The molecule has 0 saturated carbocycles. The van der Waals surface area contributed by atoms with Crippen molar-refractivity contribution < 1.29 is 0 Å². The Hall–Kier alpha value is -0.520. The lowest BCUT2D eigenvalue weighted by Crippen LogP contribution is -2.23. The van der Waals surface area contributed by atoms with Gasteiger partial charge in [-0.05, 0) is 42.6 Å². The van der Waals surface area contributed by atoms with Crippen molar-refractivity contribution in [3.63, 3.8) is 0 Å². The van der Waals surface area contributed by atoms with Gasteiger partial charge < -0.3 is 0 Å². The lowest BCUT2D eigenvalue weighted by Gasteiger charge is -2.36. The van der Waals surface area contributed by atoms with Crippen LogP contribution in [0.3, 0.4) is 0 Å². The van der Waals surface area contributed by atoms with Gasteiger partial charge in [0.2, 0.25) is 0 Å². The van der Waals surface area contributed by atoms with Crippen LogP contribution < -0.4 is 0 Å². The van der Waals surface area contributed by atoms with Gasteiger partial charge in [0.1, 0.15) is 0 Å². The summed E-state index contributed by atoms with van der Waals surface area (Å²) >= 11 is 0. The molecule has 0 nitrogen and oxygen atoms in total. The largest absolute Gasteiger partial charge is 0.0817 e. The zero-order valence-electron chi connectivity index (χ0n) is 11.2. The van der Waals surface area contributed by atoms with Crippen LogP contribution in [0.2, 0.25) is 0 Å². The number of hydrogen-bond donors (Lipinski definition) is 0. The minimum Gasteiger partial charge on any atom is -0.0817 e. The second-order valence-electron chi connectivity index (χ2n) is 6.02. The molecule has 1 rings (SSSR count). The molecule has 0 heterocycles. The molecule has 0 radical (unpaired) electrons. The predicted molar refractivity (Wildman–Crippen MR) is 68.9 cm³/mol. The molecule has 0 aromatic rings. The van der Waals surface area contributed by atoms with Gasteiger partial charge in [0.15, 0.2) is 0 Å². The number of allylic oxidation sites excluding steroid dienone is 4. The second-order valence-corrected chi connectivity index (χ2v) is 6.02. The maximum absolute atomic E-state index is 2.38. The van der Waals surface area contributed by atoms with Gasteiger partial charge in [-0.2, -0.15) is 0 Å². The number of hydrogen-bond acceptors (Lipinski definition) is 0. The van der Waals surface area contributed by atoms with E-state index in [9.17, 15) is 0 Å². The highest BCUT2D eigenvalue weighted by molar-refractivity contribution is 5.33. The van der Waals surface area contributed by atoms with E-state index in [2.05, 4.69) is 53.7 Å². The van der Waals surface area contributed by atoms with Crippen molar-refractivity contribution in [2.75, 3.05) is 0 Å². The minimum atomic E-state index is 0.377. The van der Waals surface area contributed by atoms with Gasteiger partial charge in [0.25, 0.3) is 0 Å². The van der Waals surface area contributed by atoms with Gasteiger partial charge >= 0.3 is 0 Å². The summed E-state index contributed by atoms with van der Waals surface area (Å²) in [5.74, 6) is 1.42. The van der Waals surface area contributed by atoms with Crippen molar-refractivity contribution in [3.8, 4) is 0 Å². The fourth-order valence-corrected chi connectivity index (χ4v) is 2.37. The van der Waals surface area contributed by atoms with Crippen molar-refractivity contribution in [2.45, 2.75) is 54.4 Å². The molecule has 1 aliphatic carbocycles. The Kier molecular flexibility index (Phi) is 3.81. The van der Waals surface area contributed by atoms with Gasteiger partial charge in [0, 0.05) is 0 Å². The first-order valence-corrected chi connectivity index (χ1v) is 6.24. The van der Waals surface area contributed by atoms with Crippen molar-refractivity contribution in [1.29, 1.82) is 0 Å². The normalized spacial score (nSPS) is 26.7. The first-order chi connectivity index (χ1) is 6.84. The van der Waals surface area contributed by atoms with E-state index in [4.69, 9.17) is 0 Å². The topological polar surface area (TPSA) is 0 Å². The summed E-state index contributed by atoms with van der Waals surface area (Å²) < 4.78 is 0. The van der Waals surface area contributed by atoms with Crippen LogP contribution in [0.1, 0.15) is 54.4 Å². The molecule has 0 heteroatoms. The van der Waals surface area contributed by atoms with E-state index in [1.807, 2.05) is 0 Å². The van der Waals surface area contributed by atoms with Crippen LogP contribution >= 0.6 is 0 Å². The molecule has 1 unspecified atom stereocenters. The Morgan fingerprint density at radius 1 is 1.33 bits per heavy atom. The first kappa shape index (κ1) is 12.5. The van der Waals surface area contributed by atoms with E-state index in [-0.39, 0.29) is 0 Å². The third-order valence-electron chi connectivity index (χ3n) is 3.74. The molecule has 0 amide bonds. The van der Waals surface area contributed by atoms with Crippen LogP contribution in [-0.4, -0.2) is 0 Å². The maximum atomic E-state index is 2.38. The van der Waals surface area contributed by atoms with E-state index in [1.165, 1.54) is 12.8 Å². The Balaban J connectivity index is 3.02. The lowest BCUT2D eigenvalue weighted by atomic mass is 9.69. The van der Waals surface area contributed by atoms with E-state index in [1.54, 1.807) is 11.1 Å². The molecule has 0 fully saturated rings. The molecule has 0 bridgehead atoms. The molecule has 0 aromatic heterocycles. The Labute approximate surface area is 95.5 Å². The summed E-state index contributed by atoms with van der Waals surface area (Å²) in [5, 5.41) is 0. The zero-order valence-corrected chi connectivity index (χ0v) is 11.2. The van der Waals surface area contributed by atoms with Gasteiger partial charge in [-0.3, -0.25) is 0 Å². The smallest absolute Gasteiger partial charge is 0.0104 e. The molecule has 0 N–H and O–H groups in total. The number of rotatable bonds is 2. The van der Waals surface area contributed by atoms with Gasteiger partial charge in [-0.15, -0.1) is 0 Å². The molecule has 0 aromatic carbocycles. The first-order valence-electron chi connectivity index (χ1n) is 6.24. The Morgan fingerprint density at radius 3 is 2.47 bits per heavy atom. The van der Waals surface area contributed by atoms with Crippen LogP contribution in [0.15, 0.2) is 23.3 Å². The van der Waals surface area contributed by atoms with Crippen molar-refractivity contribution in [2.24, 2.45) is 17.3 Å². The third kappa shape index (κ3) is 2.96.